The molecule has 1 saturated heterocycles. The Morgan fingerprint density at radius 3 is 2.12 bits per heavy atom. The number of carbonyl (C=O) groups excluding carboxylic acids is 2. The van der Waals surface area contributed by atoms with E-state index < -0.39 is 15.9 Å². The lowest BCUT2D eigenvalue weighted by Gasteiger charge is -2.28. The zero-order chi connectivity index (χ0) is 28.8. The summed E-state index contributed by atoms with van der Waals surface area (Å²) in [5.41, 5.74) is 2.79. The summed E-state index contributed by atoms with van der Waals surface area (Å²) in [5.74, 6) is -0.731. The third-order valence-corrected chi connectivity index (χ3v) is 8.67. The number of amides is 2. The average Bonchev–Trinajstić information content (AvgIpc) is 3.01. The van der Waals surface area contributed by atoms with Gasteiger partial charge in [0.1, 0.15) is 0 Å². The molecule has 0 aliphatic carbocycles. The summed E-state index contributed by atoms with van der Waals surface area (Å²) >= 11 is 0. The first-order valence-corrected chi connectivity index (χ1v) is 14.8. The molecule has 2 amide bonds. The van der Waals surface area contributed by atoms with Crippen molar-refractivity contribution in [2.24, 2.45) is 0 Å². The molecular formula is C32H31N3O5S. The van der Waals surface area contributed by atoms with Gasteiger partial charge in [0, 0.05) is 13.1 Å². The van der Waals surface area contributed by atoms with E-state index in [1.807, 2.05) is 37.3 Å². The summed E-state index contributed by atoms with van der Waals surface area (Å²) in [5, 5.41) is 2.87. The number of morpholine rings is 1. The van der Waals surface area contributed by atoms with E-state index in [-0.39, 0.29) is 28.6 Å². The second-order valence-electron chi connectivity index (χ2n) is 9.73. The molecule has 1 aliphatic heterocycles. The fourth-order valence-electron chi connectivity index (χ4n) is 4.67. The number of ether oxygens (including phenoxy) is 1. The van der Waals surface area contributed by atoms with Crippen LogP contribution < -0.4 is 9.62 Å². The second kappa shape index (κ2) is 12.4. The Kier molecular flexibility index (Phi) is 8.47. The van der Waals surface area contributed by atoms with E-state index in [9.17, 15) is 18.0 Å². The molecule has 1 N–H and O–H groups in total. The molecule has 8 nitrogen and oxygen atoms in total. The first kappa shape index (κ1) is 28.1. The summed E-state index contributed by atoms with van der Waals surface area (Å²) in [4.78, 5) is 28.8. The van der Waals surface area contributed by atoms with Crippen LogP contribution in [-0.4, -0.2) is 51.4 Å². The maximum Gasteiger partial charge on any atom is 0.264 e. The predicted octanol–water partition coefficient (Wildman–Crippen LogP) is 5.12. The molecule has 41 heavy (non-hydrogen) atoms. The van der Waals surface area contributed by atoms with Crippen LogP contribution in [0.4, 0.5) is 11.4 Å². The fraction of sp³-hybridized carbons (Fsp3) is 0.188. The van der Waals surface area contributed by atoms with Gasteiger partial charge in [-0.25, -0.2) is 8.42 Å². The highest BCUT2D eigenvalue weighted by Crippen LogP contribution is 2.30. The predicted molar refractivity (Wildman–Crippen MR) is 159 cm³/mol. The Morgan fingerprint density at radius 1 is 0.805 bits per heavy atom. The molecule has 0 atom stereocenters. The quantitative estimate of drug-likeness (QED) is 0.318. The van der Waals surface area contributed by atoms with Crippen LogP contribution in [0.15, 0.2) is 108 Å². The standard InChI is InChI=1S/C32H31N3O5S/c1-24-15-17-26(18-16-24)41(38,39)35(23-25-9-3-2-4-10-25)30-14-8-6-12-28(30)31(36)33-29-13-7-5-11-27(29)32(37)34-19-21-40-22-20-34/h2-18H,19-23H2,1H3,(H,33,36). The molecule has 0 aromatic heterocycles. The lowest BCUT2D eigenvalue weighted by molar-refractivity contribution is 0.0303. The van der Waals surface area contributed by atoms with Gasteiger partial charge in [-0.05, 0) is 48.9 Å². The van der Waals surface area contributed by atoms with Crippen molar-refractivity contribution in [1.82, 2.24) is 4.90 Å². The molecule has 0 saturated carbocycles. The van der Waals surface area contributed by atoms with Crippen LogP contribution in [0.2, 0.25) is 0 Å². The largest absolute Gasteiger partial charge is 0.378 e. The maximum absolute atomic E-state index is 14.0. The molecule has 210 valence electrons. The van der Waals surface area contributed by atoms with Crippen LogP contribution in [0.25, 0.3) is 0 Å². The first-order chi connectivity index (χ1) is 19.8. The molecule has 0 radical (unpaired) electrons. The van der Waals surface area contributed by atoms with E-state index in [1.54, 1.807) is 77.7 Å². The van der Waals surface area contributed by atoms with Crippen LogP contribution >= 0.6 is 0 Å². The molecule has 4 aromatic rings. The van der Waals surface area contributed by atoms with Gasteiger partial charge in [-0.2, -0.15) is 0 Å². The minimum absolute atomic E-state index is 0.0213. The molecule has 1 heterocycles. The maximum atomic E-state index is 14.0. The Morgan fingerprint density at radius 2 is 1.41 bits per heavy atom. The van der Waals surface area contributed by atoms with E-state index in [2.05, 4.69) is 5.32 Å². The Bertz CT molecular complexity index is 1630. The third-order valence-electron chi connectivity index (χ3n) is 6.90. The van der Waals surface area contributed by atoms with Gasteiger partial charge in [0.15, 0.2) is 0 Å². The Hall–Kier alpha value is -4.47. The number of benzene rings is 4. The normalized spacial score (nSPS) is 13.4. The van der Waals surface area contributed by atoms with Gasteiger partial charge in [-0.1, -0.05) is 72.3 Å². The number of para-hydroxylation sites is 2. The molecule has 9 heteroatoms. The number of aryl methyl sites for hydroxylation is 1. The van der Waals surface area contributed by atoms with Crippen LogP contribution in [-0.2, 0) is 21.3 Å². The first-order valence-electron chi connectivity index (χ1n) is 13.3. The SMILES string of the molecule is Cc1ccc(S(=O)(=O)N(Cc2ccccc2)c2ccccc2C(=O)Nc2ccccc2C(=O)N2CCOCC2)cc1. The van der Waals surface area contributed by atoms with E-state index in [0.717, 1.165) is 11.1 Å². The lowest BCUT2D eigenvalue weighted by atomic mass is 10.1. The highest BCUT2D eigenvalue weighted by Gasteiger charge is 2.29. The lowest BCUT2D eigenvalue weighted by Crippen LogP contribution is -2.41. The van der Waals surface area contributed by atoms with E-state index in [4.69, 9.17) is 4.74 Å². The average molecular weight is 570 g/mol. The van der Waals surface area contributed by atoms with Crippen LogP contribution in [0, 0.1) is 6.92 Å². The molecular weight excluding hydrogens is 538 g/mol. The number of sulfonamides is 1. The highest BCUT2D eigenvalue weighted by atomic mass is 32.2. The van der Waals surface area contributed by atoms with E-state index in [1.165, 1.54) is 4.31 Å². The van der Waals surface area contributed by atoms with Gasteiger partial charge in [0.2, 0.25) is 0 Å². The molecule has 0 spiro atoms. The van der Waals surface area contributed by atoms with E-state index >= 15 is 0 Å². The van der Waals surface area contributed by atoms with Gasteiger partial charge in [-0.15, -0.1) is 0 Å². The number of anilines is 2. The number of rotatable bonds is 8. The molecule has 5 rings (SSSR count). The summed E-state index contributed by atoms with van der Waals surface area (Å²) in [6.07, 6.45) is 0. The van der Waals surface area contributed by atoms with E-state index in [0.29, 0.717) is 37.6 Å². The smallest absolute Gasteiger partial charge is 0.264 e. The molecule has 0 unspecified atom stereocenters. The zero-order valence-corrected chi connectivity index (χ0v) is 23.5. The molecule has 1 aliphatic rings. The Labute approximate surface area is 240 Å². The van der Waals surface area contributed by atoms with Crippen molar-refractivity contribution in [3.8, 4) is 0 Å². The monoisotopic (exact) mass is 569 g/mol. The van der Waals surface area contributed by atoms with Crippen LogP contribution in [0.3, 0.4) is 0 Å². The molecule has 1 fully saturated rings. The minimum atomic E-state index is -4.05. The third kappa shape index (κ3) is 6.32. The molecule has 0 bridgehead atoms. The van der Waals surface area contributed by atoms with Gasteiger partial charge < -0.3 is 15.0 Å². The summed E-state index contributed by atoms with van der Waals surface area (Å²) < 4.78 is 34.7. The van der Waals surface area contributed by atoms with Crippen molar-refractivity contribution in [3.63, 3.8) is 0 Å². The van der Waals surface area contributed by atoms with Gasteiger partial charge >= 0.3 is 0 Å². The summed E-state index contributed by atoms with van der Waals surface area (Å²) in [6, 6.07) is 29.2. The number of nitrogens with one attached hydrogen (secondary N) is 1. The number of nitrogens with zero attached hydrogens (tertiary/aromatic N) is 2. The number of carbonyl (C=O) groups is 2. The van der Waals surface area contributed by atoms with Crippen LogP contribution in [0.1, 0.15) is 31.8 Å². The highest BCUT2D eigenvalue weighted by molar-refractivity contribution is 7.92. The van der Waals surface area contributed by atoms with Crippen molar-refractivity contribution in [1.29, 1.82) is 0 Å². The topological polar surface area (TPSA) is 96.0 Å². The minimum Gasteiger partial charge on any atom is -0.378 e. The summed E-state index contributed by atoms with van der Waals surface area (Å²) in [6.45, 7) is 3.76. The van der Waals surface area contributed by atoms with Gasteiger partial charge in [0.25, 0.3) is 21.8 Å². The van der Waals surface area contributed by atoms with Gasteiger partial charge in [0.05, 0.1) is 47.2 Å². The number of hydrogen-bond acceptors (Lipinski definition) is 5. The molecule has 4 aromatic carbocycles. The summed E-state index contributed by atoms with van der Waals surface area (Å²) in [7, 11) is -4.05. The van der Waals surface area contributed by atoms with Gasteiger partial charge in [-0.3, -0.25) is 13.9 Å². The van der Waals surface area contributed by atoms with Crippen molar-refractivity contribution < 1.29 is 22.7 Å². The number of hydrogen-bond donors (Lipinski definition) is 1. The Balaban J connectivity index is 1.52. The van der Waals surface area contributed by atoms with Crippen molar-refractivity contribution in [2.75, 3.05) is 35.9 Å². The fourth-order valence-corrected chi connectivity index (χ4v) is 6.15. The zero-order valence-electron chi connectivity index (χ0n) is 22.7. The van der Waals surface area contributed by atoms with Crippen LogP contribution in [0.5, 0.6) is 0 Å². The van der Waals surface area contributed by atoms with Crippen molar-refractivity contribution in [2.45, 2.75) is 18.4 Å². The van der Waals surface area contributed by atoms with Crippen molar-refractivity contribution >= 4 is 33.2 Å². The second-order valence-corrected chi connectivity index (χ2v) is 11.6. The van der Waals surface area contributed by atoms with Crippen molar-refractivity contribution in [3.05, 3.63) is 125 Å².